The molecular weight excluding hydrogens is 346 g/mol. The number of nitrogens with zero attached hydrogens (tertiary/aromatic N) is 3. The number of hydrogen-bond donors (Lipinski definition) is 2. The molecule has 5 nitrogen and oxygen atoms in total. The molecule has 6 rings (SSSR count). The van der Waals surface area contributed by atoms with Gasteiger partial charge >= 0.3 is 0 Å². The van der Waals surface area contributed by atoms with Gasteiger partial charge in [0, 0.05) is 34.5 Å². The molecule has 0 radical (unpaired) electrons. The van der Waals surface area contributed by atoms with Gasteiger partial charge in [-0.3, -0.25) is 0 Å². The molecule has 0 atom stereocenters. The zero-order valence-electron chi connectivity index (χ0n) is 17.5. The van der Waals surface area contributed by atoms with Gasteiger partial charge in [-0.1, -0.05) is 24.3 Å². The van der Waals surface area contributed by atoms with E-state index < -0.39 is 0 Å². The maximum atomic E-state index is 4.93. The molecule has 1 saturated carbocycles. The molecule has 2 N–H and O–H groups in total. The van der Waals surface area contributed by atoms with Crippen LogP contribution >= 0.6 is 0 Å². The first kappa shape index (κ1) is 18.0. The summed E-state index contributed by atoms with van der Waals surface area (Å²) in [6.45, 7) is 9.11. The van der Waals surface area contributed by atoms with Crippen molar-refractivity contribution < 1.29 is 0 Å². The molecule has 1 saturated heterocycles. The summed E-state index contributed by atoms with van der Waals surface area (Å²) in [7, 11) is 0. The van der Waals surface area contributed by atoms with E-state index in [9.17, 15) is 0 Å². The van der Waals surface area contributed by atoms with Crippen LogP contribution in [-0.4, -0.2) is 32.1 Å². The number of nitrogens with one attached hydrogen (secondary N) is 2. The van der Waals surface area contributed by atoms with Crippen LogP contribution in [0.15, 0.2) is 29.9 Å². The van der Waals surface area contributed by atoms with Crippen LogP contribution in [0.25, 0.3) is 5.57 Å². The fourth-order valence-corrected chi connectivity index (χ4v) is 5.25. The number of anilines is 1. The third-order valence-corrected chi connectivity index (χ3v) is 6.48. The Hall–Kier alpha value is -2.01. The first-order chi connectivity index (χ1) is 13.2. The Balaban J connectivity index is 1.49. The third-order valence-electron chi connectivity index (χ3n) is 6.48. The van der Waals surface area contributed by atoms with Crippen molar-refractivity contribution in [1.29, 1.82) is 0 Å². The van der Waals surface area contributed by atoms with Gasteiger partial charge in [0.25, 0.3) is 0 Å². The van der Waals surface area contributed by atoms with Gasteiger partial charge < -0.3 is 10.6 Å². The highest BCUT2D eigenvalue weighted by atomic mass is 15.2. The normalized spacial score (nSPS) is 29.6. The number of allylic oxidation sites excluding steroid dienone is 6. The van der Waals surface area contributed by atoms with Crippen molar-refractivity contribution in [2.45, 2.75) is 88.8 Å². The summed E-state index contributed by atoms with van der Waals surface area (Å²) >= 11 is 0. The summed E-state index contributed by atoms with van der Waals surface area (Å²) < 4.78 is 0. The monoisotopic (exact) mass is 377 g/mol. The molecule has 1 aromatic heterocycles. The number of hydrogen-bond acceptors (Lipinski definition) is 5. The first-order valence-corrected chi connectivity index (χ1v) is 10.6. The Kier molecular flexibility index (Phi) is 3.86. The van der Waals surface area contributed by atoms with Crippen LogP contribution in [0.3, 0.4) is 0 Å². The smallest absolute Gasteiger partial charge is 0.226 e. The first-order valence-electron chi connectivity index (χ1n) is 10.6. The molecule has 4 bridgehead atoms. The van der Waals surface area contributed by atoms with E-state index in [1.165, 1.54) is 24.0 Å². The fraction of sp³-hybridized carbons (Fsp3) is 0.609. The summed E-state index contributed by atoms with van der Waals surface area (Å²) in [5.41, 5.74) is 2.89. The van der Waals surface area contributed by atoms with Crippen LogP contribution in [-0.2, 0) is 5.41 Å². The number of aromatic nitrogens is 3. The van der Waals surface area contributed by atoms with Crippen LogP contribution in [0.5, 0.6) is 0 Å². The molecule has 1 spiro atoms. The highest BCUT2D eigenvalue weighted by Gasteiger charge is 2.47. The van der Waals surface area contributed by atoms with Crippen molar-refractivity contribution in [2.24, 2.45) is 0 Å². The van der Waals surface area contributed by atoms with Crippen LogP contribution < -0.4 is 10.6 Å². The van der Waals surface area contributed by atoms with E-state index >= 15 is 0 Å². The minimum atomic E-state index is 0.0928. The van der Waals surface area contributed by atoms with Gasteiger partial charge in [0.15, 0.2) is 5.82 Å². The van der Waals surface area contributed by atoms with Crippen LogP contribution in [0, 0.1) is 0 Å². The van der Waals surface area contributed by atoms with Crippen molar-refractivity contribution in [3.63, 3.8) is 0 Å². The predicted octanol–water partition coefficient (Wildman–Crippen LogP) is 4.30. The van der Waals surface area contributed by atoms with Crippen molar-refractivity contribution in [3.05, 3.63) is 41.5 Å². The highest BCUT2D eigenvalue weighted by Crippen LogP contribution is 2.50. The minimum Gasteiger partial charge on any atom is -0.351 e. The van der Waals surface area contributed by atoms with E-state index in [1.807, 2.05) is 0 Å². The summed E-state index contributed by atoms with van der Waals surface area (Å²) in [6.07, 6.45) is 15.3. The second-order valence-electron chi connectivity index (χ2n) is 10.4. The van der Waals surface area contributed by atoms with Gasteiger partial charge in [0.2, 0.25) is 5.95 Å². The summed E-state index contributed by atoms with van der Waals surface area (Å²) in [5.74, 6) is 2.60. The quantitative estimate of drug-likeness (QED) is 0.805. The average molecular weight is 378 g/mol. The van der Waals surface area contributed by atoms with Gasteiger partial charge in [-0.25, -0.2) is 4.98 Å². The zero-order chi connectivity index (χ0) is 19.6. The average Bonchev–Trinajstić information content (AvgIpc) is 3.30. The van der Waals surface area contributed by atoms with Crippen LogP contribution in [0.2, 0.25) is 0 Å². The molecule has 5 aliphatic rings. The maximum absolute atomic E-state index is 4.93. The lowest BCUT2D eigenvalue weighted by Crippen LogP contribution is -2.60. The largest absolute Gasteiger partial charge is 0.351 e. The van der Waals surface area contributed by atoms with Crippen molar-refractivity contribution >= 4 is 11.5 Å². The van der Waals surface area contributed by atoms with E-state index in [2.05, 4.69) is 62.6 Å². The molecule has 2 fully saturated rings. The van der Waals surface area contributed by atoms with E-state index in [-0.39, 0.29) is 16.5 Å². The predicted molar refractivity (Wildman–Crippen MR) is 113 cm³/mol. The highest BCUT2D eigenvalue weighted by molar-refractivity contribution is 5.74. The molecule has 0 unspecified atom stereocenters. The molecule has 28 heavy (non-hydrogen) atoms. The lowest BCUT2D eigenvalue weighted by atomic mass is 9.80. The van der Waals surface area contributed by atoms with Crippen molar-refractivity contribution in [1.82, 2.24) is 20.3 Å². The fourth-order valence-electron chi connectivity index (χ4n) is 5.25. The Labute approximate surface area is 167 Å². The maximum Gasteiger partial charge on any atom is 0.226 e. The standard InChI is InChI=1S/C23H31N5/c1-21(2)13-17(14-22(3,4)28-21)24-20-26-18-16-11-15(12-16)7-5-6-8-23(9-10-23)19(25-18)27-20/h5-7,11,17,28H,8-10,12-14H2,1-4H3,(H,24,25,26,27)/b6-5-,15-7+. The van der Waals surface area contributed by atoms with E-state index in [1.54, 1.807) is 0 Å². The Morgan fingerprint density at radius 3 is 2.43 bits per heavy atom. The Bertz CT molecular complexity index is 886. The molecule has 2 aliphatic carbocycles. The van der Waals surface area contributed by atoms with Crippen molar-refractivity contribution in [3.8, 4) is 0 Å². The minimum absolute atomic E-state index is 0.0928. The van der Waals surface area contributed by atoms with Gasteiger partial charge in [-0.2, -0.15) is 9.97 Å². The molecule has 0 aromatic carbocycles. The summed E-state index contributed by atoms with van der Waals surface area (Å²) in [6, 6.07) is 0.353. The zero-order valence-corrected chi connectivity index (χ0v) is 17.5. The molecule has 3 aliphatic heterocycles. The SMILES string of the molecule is CC1(C)CC(Nc2nc3nc(n2)C2(C/C=C\C=C4/C=C3C4)CC2)CC(C)(C)N1. The molecule has 0 amide bonds. The van der Waals surface area contributed by atoms with Gasteiger partial charge in [0.1, 0.15) is 5.82 Å². The lowest BCUT2D eigenvalue weighted by molar-refractivity contribution is 0.170. The van der Waals surface area contributed by atoms with E-state index in [0.717, 1.165) is 43.3 Å². The molecule has 5 heteroatoms. The van der Waals surface area contributed by atoms with E-state index in [4.69, 9.17) is 15.0 Å². The molecule has 1 aromatic rings. The Morgan fingerprint density at radius 2 is 1.75 bits per heavy atom. The molecule has 148 valence electrons. The van der Waals surface area contributed by atoms with Gasteiger partial charge in [0.05, 0.1) is 0 Å². The number of rotatable bonds is 2. The number of fused-ring (bicyclic) bond motifs is 2. The van der Waals surface area contributed by atoms with Crippen molar-refractivity contribution in [2.75, 3.05) is 5.32 Å². The van der Waals surface area contributed by atoms with Gasteiger partial charge in [-0.05, 0) is 65.4 Å². The second-order valence-corrected chi connectivity index (χ2v) is 10.4. The summed E-state index contributed by atoms with van der Waals surface area (Å²) in [5, 5.41) is 7.44. The second kappa shape index (κ2) is 5.99. The Morgan fingerprint density at radius 1 is 1.04 bits per heavy atom. The third kappa shape index (κ3) is 3.41. The van der Waals surface area contributed by atoms with Crippen LogP contribution in [0.1, 0.15) is 77.9 Å². The topological polar surface area (TPSA) is 62.7 Å². The van der Waals surface area contributed by atoms with Crippen LogP contribution in [0.4, 0.5) is 5.95 Å². The number of piperidine rings is 1. The molecular formula is C23H31N5. The molecule has 4 heterocycles. The summed E-state index contributed by atoms with van der Waals surface area (Å²) in [4.78, 5) is 14.7. The lowest BCUT2D eigenvalue weighted by Gasteiger charge is -2.46. The van der Waals surface area contributed by atoms with E-state index in [0.29, 0.717) is 6.04 Å². The van der Waals surface area contributed by atoms with Gasteiger partial charge in [-0.15, -0.1) is 0 Å².